The summed E-state index contributed by atoms with van der Waals surface area (Å²) in [4.78, 5) is 40.2. The first-order chi connectivity index (χ1) is 14.8. The highest BCUT2D eigenvalue weighted by atomic mass is 19.1. The van der Waals surface area contributed by atoms with Crippen LogP contribution < -0.4 is 10.7 Å². The summed E-state index contributed by atoms with van der Waals surface area (Å²) in [6, 6.07) is 3.08. The number of aromatic nitrogens is 1. The summed E-state index contributed by atoms with van der Waals surface area (Å²) in [5.41, 5.74) is -1.31. The lowest BCUT2D eigenvalue weighted by Crippen LogP contribution is -2.61. The molecule has 0 spiro atoms. The van der Waals surface area contributed by atoms with Crippen molar-refractivity contribution in [1.29, 1.82) is 0 Å². The molecule has 2 N–H and O–H groups in total. The molecule has 2 aromatic rings. The molecule has 1 aliphatic carbocycles. The number of carbonyl (C=O) groups excluding carboxylic acids is 2. The average Bonchev–Trinajstić information content (AvgIpc) is 2.76. The van der Waals surface area contributed by atoms with Crippen LogP contribution >= 0.6 is 0 Å². The molecule has 31 heavy (non-hydrogen) atoms. The number of rotatable bonds is 3. The minimum atomic E-state index is -0.947. The minimum absolute atomic E-state index is 0.0152. The van der Waals surface area contributed by atoms with E-state index in [9.17, 15) is 28.3 Å². The number of pyridine rings is 1. The number of halogens is 2. The summed E-state index contributed by atoms with van der Waals surface area (Å²) in [6.07, 6.45) is 5.23. The third-order valence-corrected chi connectivity index (χ3v) is 6.81. The van der Waals surface area contributed by atoms with Crippen LogP contribution in [-0.2, 0) is 13.1 Å². The van der Waals surface area contributed by atoms with E-state index < -0.39 is 28.7 Å². The number of aromatic hydroxyl groups is 1. The molecule has 4 heterocycles. The van der Waals surface area contributed by atoms with Crippen LogP contribution in [0.25, 0.3) is 0 Å². The van der Waals surface area contributed by atoms with Crippen molar-refractivity contribution in [3.63, 3.8) is 0 Å². The van der Waals surface area contributed by atoms with Crippen LogP contribution in [0.4, 0.5) is 8.78 Å². The quantitative estimate of drug-likeness (QED) is 0.782. The number of carbonyl (C=O) groups is 2. The molecule has 3 fully saturated rings. The summed E-state index contributed by atoms with van der Waals surface area (Å²) >= 11 is 0. The fourth-order valence-electron chi connectivity index (χ4n) is 5.26. The SMILES string of the molecule is O=C(NCc1ccc(F)cc1F)c1cn2c(c(O)c1=O)C(=O)N1C3CCC(CC3)[C@H]1C2. The van der Waals surface area contributed by atoms with Crippen molar-refractivity contribution in [2.45, 2.75) is 50.9 Å². The van der Waals surface area contributed by atoms with E-state index in [2.05, 4.69) is 5.32 Å². The summed E-state index contributed by atoms with van der Waals surface area (Å²) in [5.74, 6) is -3.11. The normalized spacial score (nSPS) is 24.0. The van der Waals surface area contributed by atoms with Crippen LogP contribution in [-0.4, -0.2) is 38.5 Å². The lowest BCUT2D eigenvalue weighted by molar-refractivity contribution is -0.0181. The summed E-state index contributed by atoms with van der Waals surface area (Å²) < 4.78 is 28.3. The van der Waals surface area contributed by atoms with Crippen molar-refractivity contribution in [3.8, 4) is 5.75 Å². The molecule has 2 bridgehead atoms. The van der Waals surface area contributed by atoms with E-state index in [1.54, 1.807) is 0 Å². The molecule has 2 amide bonds. The maximum absolute atomic E-state index is 13.8. The Morgan fingerprint density at radius 1 is 1.16 bits per heavy atom. The molecule has 2 saturated heterocycles. The van der Waals surface area contributed by atoms with Gasteiger partial charge in [-0.15, -0.1) is 0 Å². The number of amides is 2. The predicted molar refractivity (Wildman–Crippen MR) is 106 cm³/mol. The second-order valence-corrected chi connectivity index (χ2v) is 8.49. The predicted octanol–water partition coefficient (Wildman–Crippen LogP) is 2.16. The third kappa shape index (κ3) is 3.10. The van der Waals surface area contributed by atoms with Gasteiger partial charge in [-0.1, -0.05) is 6.07 Å². The van der Waals surface area contributed by atoms with Gasteiger partial charge in [0.2, 0.25) is 5.43 Å². The Kier molecular flexibility index (Phi) is 4.56. The van der Waals surface area contributed by atoms with Gasteiger partial charge in [0.05, 0.1) is 6.04 Å². The molecule has 1 aromatic carbocycles. The van der Waals surface area contributed by atoms with E-state index in [0.29, 0.717) is 18.5 Å². The lowest BCUT2D eigenvalue weighted by atomic mass is 9.73. The molecule has 9 heteroatoms. The number of nitrogens with zero attached hydrogens (tertiary/aromatic N) is 2. The Morgan fingerprint density at radius 2 is 1.90 bits per heavy atom. The fourth-order valence-corrected chi connectivity index (χ4v) is 5.26. The van der Waals surface area contributed by atoms with Crippen LogP contribution in [0.15, 0.2) is 29.2 Å². The van der Waals surface area contributed by atoms with E-state index in [4.69, 9.17) is 0 Å². The molecular formula is C22H21F2N3O4. The second-order valence-electron chi connectivity index (χ2n) is 8.49. The van der Waals surface area contributed by atoms with E-state index in [1.807, 2.05) is 4.90 Å². The van der Waals surface area contributed by atoms with Gasteiger partial charge in [0, 0.05) is 37.0 Å². The Morgan fingerprint density at radius 3 is 2.61 bits per heavy atom. The Labute approximate surface area is 176 Å². The molecular weight excluding hydrogens is 408 g/mol. The summed E-state index contributed by atoms with van der Waals surface area (Å²) in [5, 5.41) is 12.9. The van der Waals surface area contributed by atoms with Crippen molar-refractivity contribution < 1.29 is 23.5 Å². The van der Waals surface area contributed by atoms with Gasteiger partial charge in [0.15, 0.2) is 11.4 Å². The monoisotopic (exact) mass is 429 g/mol. The Balaban J connectivity index is 1.44. The van der Waals surface area contributed by atoms with Crippen molar-refractivity contribution >= 4 is 11.8 Å². The zero-order valence-corrected chi connectivity index (χ0v) is 16.6. The minimum Gasteiger partial charge on any atom is -0.503 e. The average molecular weight is 429 g/mol. The lowest BCUT2D eigenvalue weighted by Gasteiger charge is -2.53. The summed E-state index contributed by atoms with van der Waals surface area (Å²) in [6.45, 7) is 0.148. The van der Waals surface area contributed by atoms with Gasteiger partial charge in [-0.05, 0) is 37.7 Å². The third-order valence-electron chi connectivity index (χ3n) is 6.81. The summed E-state index contributed by atoms with van der Waals surface area (Å²) in [7, 11) is 0. The highest BCUT2D eigenvalue weighted by molar-refractivity contribution is 5.99. The molecule has 6 rings (SSSR count). The van der Waals surface area contributed by atoms with Crippen LogP contribution in [0.1, 0.15) is 52.1 Å². The van der Waals surface area contributed by atoms with E-state index in [0.717, 1.165) is 31.7 Å². The van der Waals surface area contributed by atoms with Crippen molar-refractivity contribution in [2.24, 2.45) is 5.92 Å². The molecule has 1 atom stereocenters. The van der Waals surface area contributed by atoms with Gasteiger partial charge < -0.3 is 19.9 Å². The number of nitrogens with one attached hydrogen (secondary N) is 1. The van der Waals surface area contributed by atoms with E-state index >= 15 is 0 Å². The van der Waals surface area contributed by atoms with E-state index in [-0.39, 0.29) is 41.4 Å². The van der Waals surface area contributed by atoms with Gasteiger partial charge in [-0.3, -0.25) is 14.4 Å². The first-order valence-corrected chi connectivity index (χ1v) is 10.4. The fraction of sp³-hybridized carbons (Fsp3) is 0.409. The number of benzene rings is 1. The number of piperidine rings is 2. The van der Waals surface area contributed by atoms with Crippen LogP contribution in [0.5, 0.6) is 5.75 Å². The maximum Gasteiger partial charge on any atom is 0.275 e. The zero-order valence-electron chi connectivity index (χ0n) is 16.6. The van der Waals surface area contributed by atoms with Crippen molar-refractivity contribution in [2.75, 3.05) is 0 Å². The molecule has 1 aromatic heterocycles. The number of hydrogen-bond donors (Lipinski definition) is 2. The van der Waals surface area contributed by atoms with Gasteiger partial charge in [-0.25, -0.2) is 8.78 Å². The Hall–Kier alpha value is -3.23. The topological polar surface area (TPSA) is 91.6 Å². The van der Waals surface area contributed by atoms with Crippen LogP contribution in [0.2, 0.25) is 0 Å². The first kappa shape index (κ1) is 19.7. The van der Waals surface area contributed by atoms with Gasteiger partial charge >= 0.3 is 0 Å². The van der Waals surface area contributed by atoms with Gasteiger partial charge in [0.25, 0.3) is 11.8 Å². The van der Waals surface area contributed by atoms with Gasteiger partial charge in [-0.2, -0.15) is 0 Å². The smallest absolute Gasteiger partial charge is 0.275 e. The zero-order chi connectivity index (χ0) is 21.9. The van der Waals surface area contributed by atoms with Crippen LogP contribution in [0.3, 0.4) is 0 Å². The number of fused-ring (bicyclic) bond motifs is 3. The van der Waals surface area contributed by atoms with Crippen molar-refractivity contribution in [3.05, 3.63) is 63.1 Å². The molecule has 0 radical (unpaired) electrons. The van der Waals surface area contributed by atoms with Crippen molar-refractivity contribution in [1.82, 2.24) is 14.8 Å². The highest BCUT2D eigenvalue weighted by Gasteiger charge is 2.48. The van der Waals surface area contributed by atoms with Gasteiger partial charge in [0.1, 0.15) is 17.2 Å². The molecule has 7 nitrogen and oxygen atoms in total. The molecule has 3 aliphatic heterocycles. The molecule has 162 valence electrons. The maximum atomic E-state index is 13.8. The molecule has 0 unspecified atom stereocenters. The number of hydrogen-bond acceptors (Lipinski definition) is 4. The first-order valence-electron chi connectivity index (χ1n) is 10.4. The molecule has 4 aliphatic rings. The highest BCUT2D eigenvalue weighted by Crippen LogP contribution is 2.43. The molecule has 1 saturated carbocycles. The Bertz CT molecular complexity index is 1150. The second kappa shape index (κ2) is 7.18. The van der Waals surface area contributed by atoms with E-state index in [1.165, 1.54) is 16.8 Å². The largest absolute Gasteiger partial charge is 0.503 e. The van der Waals surface area contributed by atoms with Crippen LogP contribution in [0, 0.1) is 17.6 Å². The standard InChI is InChI=1S/C22H21F2N3O4/c23-13-4-1-12(16(24)7-13)8-25-21(30)15-9-26-10-17-11-2-5-14(6-3-11)27(17)22(31)18(26)20(29)19(15)28/h1,4,7,9,11,14,17,29H,2-3,5-6,8,10H2,(H,25,30)/t11?,14?,17-/m1/s1.